The Hall–Kier alpha value is -0.270. The van der Waals surface area contributed by atoms with Crippen LogP contribution < -0.4 is 5.32 Å². The van der Waals surface area contributed by atoms with Gasteiger partial charge in [-0.15, -0.1) is 0 Å². The lowest BCUT2D eigenvalue weighted by atomic mass is 10.1. The first-order chi connectivity index (χ1) is 13.6. The van der Waals surface area contributed by atoms with Gasteiger partial charge in [-0.2, -0.15) is 9.97 Å². The zero-order valence-corrected chi connectivity index (χ0v) is 19.9. The largest absolute Gasteiger partial charge is 0.354 e. The summed E-state index contributed by atoms with van der Waals surface area (Å²) in [5.41, 5.74) is 1.10. The van der Waals surface area contributed by atoms with Crippen molar-refractivity contribution in [3.05, 3.63) is 35.7 Å². The molecule has 0 unspecified atom stereocenters. The van der Waals surface area contributed by atoms with Crippen LogP contribution in [-0.4, -0.2) is 46.0 Å². The highest BCUT2D eigenvalue weighted by Gasteiger charge is 2.29. The summed E-state index contributed by atoms with van der Waals surface area (Å²) in [4.78, 5) is 15.4. The van der Waals surface area contributed by atoms with Crippen LogP contribution in [0.5, 0.6) is 0 Å². The zero-order valence-electron chi connectivity index (χ0n) is 15.3. The molecular weight excluding hydrogens is 499 g/mol. The Balaban J connectivity index is 1.80. The fourth-order valence-corrected chi connectivity index (χ4v) is 3.66. The lowest BCUT2D eigenvalue weighted by Gasteiger charge is -2.16. The number of hydrogen-bond acceptors (Lipinski definition) is 5. The molecule has 1 fully saturated rings. The molecule has 0 spiro atoms. The Labute approximate surface area is 200 Å². The van der Waals surface area contributed by atoms with Crippen LogP contribution in [0.15, 0.2) is 24.3 Å². The van der Waals surface area contributed by atoms with E-state index in [1.165, 1.54) is 12.8 Å². The third kappa shape index (κ3) is 6.86. The van der Waals surface area contributed by atoms with Crippen molar-refractivity contribution in [2.24, 2.45) is 0 Å². The van der Waals surface area contributed by atoms with E-state index in [1.807, 2.05) is 0 Å². The van der Waals surface area contributed by atoms with Crippen LogP contribution in [0.1, 0.15) is 30.7 Å². The number of nitrogens with one attached hydrogen (secondary N) is 1. The summed E-state index contributed by atoms with van der Waals surface area (Å²) in [6, 6.07) is 6.91. The van der Waals surface area contributed by atoms with Crippen molar-refractivity contribution in [3.63, 3.8) is 0 Å². The summed E-state index contributed by atoms with van der Waals surface area (Å²) < 4.78 is -3.37. The summed E-state index contributed by atoms with van der Waals surface area (Å²) in [6.07, 6.45) is 3.49. The fraction of sp³-hybridized carbons (Fsp3) is 0.500. The number of benzene rings is 1. The maximum absolute atomic E-state index is 6.02. The van der Waals surface area contributed by atoms with Crippen LogP contribution in [0, 0.1) is 0 Å². The van der Waals surface area contributed by atoms with E-state index in [-0.39, 0.29) is 5.82 Å². The maximum atomic E-state index is 6.02. The van der Waals surface area contributed by atoms with E-state index >= 15 is 0 Å². The molecular formula is C18H19Cl6N5. The van der Waals surface area contributed by atoms with Gasteiger partial charge < -0.3 is 10.2 Å². The average Bonchev–Trinajstić information content (AvgIpc) is 3.17. The van der Waals surface area contributed by atoms with Crippen LogP contribution in [0.3, 0.4) is 0 Å². The molecule has 0 radical (unpaired) electrons. The molecule has 1 aromatic carbocycles. The molecule has 11 heteroatoms. The Morgan fingerprint density at radius 3 is 2.31 bits per heavy atom. The molecule has 0 amide bonds. The fourth-order valence-electron chi connectivity index (χ4n) is 3.05. The topological polar surface area (TPSA) is 53.9 Å². The lowest BCUT2D eigenvalue weighted by molar-refractivity contribution is 0.337. The van der Waals surface area contributed by atoms with Gasteiger partial charge in [-0.05, 0) is 45.0 Å². The molecule has 1 N–H and O–H groups in total. The summed E-state index contributed by atoms with van der Waals surface area (Å²) in [6.45, 7) is 4.03. The number of nitrogens with zero attached hydrogens (tertiary/aromatic N) is 4. The van der Waals surface area contributed by atoms with Crippen molar-refractivity contribution in [2.45, 2.75) is 26.8 Å². The van der Waals surface area contributed by atoms with Gasteiger partial charge in [0.05, 0.1) is 0 Å². The van der Waals surface area contributed by atoms with Crippen molar-refractivity contribution in [1.82, 2.24) is 19.9 Å². The Morgan fingerprint density at radius 2 is 1.66 bits per heavy atom. The predicted octanol–water partition coefficient (Wildman–Crippen LogP) is 6.09. The van der Waals surface area contributed by atoms with E-state index in [9.17, 15) is 0 Å². The van der Waals surface area contributed by atoms with Gasteiger partial charge in [-0.25, -0.2) is 4.98 Å². The number of hydrogen-bond donors (Lipinski definition) is 1. The monoisotopic (exact) mass is 515 g/mol. The minimum absolute atomic E-state index is 0.0221. The van der Waals surface area contributed by atoms with Crippen molar-refractivity contribution in [3.8, 4) is 11.4 Å². The lowest BCUT2D eigenvalue weighted by Crippen LogP contribution is -2.23. The van der Waals surface area contributed by atoms with Gasteiger partial charge in [0.1, 0.15) is 0 Å². The number of alkyl halides is 6. The van der Waals surface area contributed by atoms with Gasteiger partial charge >= 0.3 is 0 Å². The minimum atomic E-state index is -1.80. The van der Waals surface area contributed by atoms with Crippen molar-refractivity contribution in [2.75, 3.05) is 31.5 Å². The molecule has 0 saturated carbocycles. The first-order valence-corrected chi connectivity index (χ1v) is 11.4. The number of likely N-dealkylation sites (tertiary alicyclic amines) is 1. The summed E-state index contributed by atoms with van der Waals surface area (Å²) in [7, 11) is 0. The highest BCUT2D eigenvalue weighted by Crippen LogP contribution is 2.40. The average molecular weight is 518 g/mol. The summed E-state index contributed by atoms with van der Waals surface area (Å²) in [5, 5.41) is 3.19. The first kappa shape index (κ1) is 23.4. The van der Waals surface area contributed by atoms with Gasteiger partial charge in [0.15, 0.2) is 11.6 Å². The SMILES string of the molecule is ClC(Cl)(Cl)c1cccc(-c2nc(NCCCN3CCCC3)nc(C(Cl)(Cl)Cl)n2)c1. The van der Waals surface area contributed by atoms with Crippen molar-refractivity contribution >= 4 is 75.6 Å². The molecule has 0 atom stereocenters. The highest BCUT2D eigenvalue weighted by molar-refractivity contribution is 6.67. The second kappa shape index (κ2) is 9.90. The van der Waals surface area contributed by atoms with Crippen molar-refractivity contribution < 1.29 is 0 Å². The van der Waals surface area contributed by atoms with Gasteiger partial charge in [0.2, 0.25) is 13.5 Å². The first-order valence-electron chi connectivity index (χ1n) is 9.10. The third-order valence-corrected chi connectivity index (χ3v) is 5.63. The molecule has 0 bridgehead atoms. The Kier molecular flexibility index (Phi) is 7.99. The number of halogens is 6. The molecule has 1 aromatic heterocycles. The summed E-state index contributed by atoms with van der Waals surface area (Å²) in [5.74, 6) is 0.672. The molecule has 0 aliphatic carbocycles. The van der Waals surface area contributed by atoms with Crippen LogP contribution in [0.4, 0.5) is 5.95 Å². The number of rotatable bonds is 6. The quantitative estimate of drug-likeness (QED) is 0.371. The molecule has 2 aromatic rings. The molecule has 1 aliphatic heterocycles. The summed E-state index contributed by atoms with van der Waals surface area (Å²) >= 11 is 36.0. The van der Waals surface area contributed by atoms with E-state index in [0.717, 1.165) is 26.1 Å². The predicted molar refractivity (Wildman–Crippen MR) is 123 cm³/mol. The smallest absolute Gasteiger partial charge is 0.250 e. The van der Waals surface area contributed by atoms with Crippen LogP contribution in [-0.2, 0) is 7.59 Å². The van der Waals surface area contributed by atoms with Crippen LogP contribution in [0.25, 0.3) is 11.4 Å². The zero-order chi connectivity index (χ0) is 21.1. The molecule has 158 valence electrons. The van der Waals surface area contributed by atoms with Gasteiger partial charge in [0, 0.05) is 17.7 Å². The van der Waals surface area contributed by atoms with Crippen LogP contribution >= 0.6 is 69.6 Å². The molecule has 1 aliphatic rings. The standard InChI is InChI=1S/C18H19Cl6N5/c19-17(20,21)13-6-3-5-12(11-13)14-26-15(18(22,23)24)28-16(27-14)25-7-4-10-29-8-1-2-9-29/h3,5-6,11H,1-2,4,7-10H2,(H,25,26,27,28). The van der Waals surface area contributed by atoms with E-state index in [4.69, 9.17) is 69.6 Å². The van der Waals surface area contributed by atoms with Gasteiger partial charge in [-0.3, -0.25) is 0 Å². The van der Waals surface area contributed by atoms with Crippen molar-refractivity contribution in [1.29, 1.82) is 0 Å². The van der Waals surface area contributed by atoms with E-state index in [1.54, 1.807) is 24.3 Å². The molecule has 1 saturated heterocycles. The number of aromatic nitrogens is 3. The Bertz CT molecular complexity index is 830. The second-order valence-electron chi connectivity index (χ2n) is 6.71. The number of anilines is 1. The maximum Gasteiger partial charge on any atom is 0.250 e. The highest BCUT2D eigenvalue weighted by atomic mass is 35.6. The normalized spacial score (nSPS) is 15.7. The van der Waals surface area contributed by atoms with Crippen LogP contribution in [0.2, 0.25) is 0 Å². The molecule has 3 rings (SSSR count). The van der Waals surface area contributed by atoms with E-state index in [0.29, 0.717) is 29.4 Å². The molecule has 2 heterocycles. The second-order valence-corrected chi connectivity index (χ2v) is 11.3. The molecule has 29 heavy (non-hydrogen) atoms. The minimum Gasteiger partial charge on any atom is -0.354 e. The van der Waals surface area contributed by atoms with E-state index in [2.05, 4.69) is 25.2 Å². The van der Waals surface area contributed by atoms with Gasteiger partial charge in [-0.1, -0.05) is 87.8 Å². The van der Waals surface area contributed by atoms with Gasteiger partial charge in [0.25, 0.3) is 0 Å². The Morgan fingerprint density at radius 1 is 0.931 bits per heavy atom. The van der Waals surface area contributed by atoms with E-state index < -0.39 is 7.59 Å². The third-order valence-electron chi connectivity index (χ3n) is 4.47. The molecule has 5 nitrogen and oxygen atoms in total.